The van der Waals surface area contributed by atoms with E-state index in [0.717, 1.165) is 42.0 Å². The van der Waals surface area contributed by atoms with E-state index in [4.69, 9.17) is 46.4 Å². The lowest BCUT2D eigenvalue weighted by Crippen LogP contribution is -2.55. The Balaban J connectivity index is 1.60. The quantitative estimate of drug-likeness (QED) is 0.157. The van der Waals surface area contributed by atoms with Gasteiger partial charge in [0, 0.05) is 39.6 Å². The lowest BCUT2D eigenvalue weighted by Gasteiger charge is -2.35. The van der Waals surface area contributed by atoms with Crippen LogP contribution in [0.4, 0.5) is 5.69 Å². The normalized spacial score (nSPS) is 14.2. The zero-order valence-corrected chi connectivity index (χ0v) is 29.8. The molecule has 0 heterocycles. The molecular weight excluding hydrogens is 712 g/mol. The Morgan fingerprint density at radius 2 is 1.40 bits per heavy atom. The third-order valence-corrected chi connectivity index (χ3v) is 11.4. The number of rotatable bonds is 12. The van der Waals surface area contributed by atoms with Crippen molar-refractivity contribution in [2.24, 2.45) is 0 Å². The van der Waals surface area contributed by atoms with Gasteiger partial charge >= 0.3 is 0 Å². The molecule has 252 valence electrons. The van der Waals surface area contributed by atoms with Crippen LogP contribution in [0, 0.1) is 0 Å². The summed E-state index contributed by atoms with van der Waals surface area (Å²) >= 11 is 25.9. The van der Waals surface area contributed by atoms with Gasteiger partial charge in [-0.1, -0.05) is 120 Å². The van der Waals surface area contributed by atoms with Crippen LogP contribution in [0.1, 0.15) is 43.2 Å². The van der Waals surface area contributed by atoms with E-state index >= 15 is 0 Å². The summed E-state index contributed by atoms with van der Waals surface area (Å²) in [6, 6.07) is 25.4. The number of sulfonamides is 1. The highest BCUT2D eigenvalue weighted by Crippen LogP contribution is 2.34. The maximum atomic E-state index is 14.7. The van der Waals surface area contributed by atoms with Crippen molar-refractivity contribution in [1.29, 1.82) is 0 Å². The van der Waals surface area contributed by atoms with Crippen molar-refractivity contribution in [3.05, 3.63) is 128 Å². The molecule has 1 fully saturated rings. The SMILES string of the molecule is O=C(NC1CCCCC1)C(Cc1ccccc1)N(Cc1c(Cl)cccc1Cl)C(=O)CN(c1ccc(Cl)cc1Cl)S(=O)(=O)c1ccccc1. The monoisotopic (exact) mass is 745 g/mol. The molecule has 0 bridgehead atoms. The van der Waals surface area contributed by atoms with E-state index in [0.29, 0.717) is 20.6 Å². The van der Waals surface area contributed by atoms with Crippen molar-refractivity contribution in [1.82, 2.24) is 10.2 Å². The maximum absolute atomic E-state index is 14.7. The predicted octanol–water partition coefficient (Wildman–Crippen LogP) is 8.58. The van der Waals surface area contributed by atoms with Gasteiger partial charge in [0.05, 0.1) is 15.6 Å². The van der Waals surface area contributed by atoms with Crippen molar-refractivity contribution in [3.63, 3.8) is 0 Å². The van der Waals surface area contributed by atoms with Crippen LogP contribution in [0.5, 0.6) is 0 Å². The van der Waals surface area contributed by atoms with E-state index in [1.54, 1.807) is 36.4 Å². The number of anilines is 1. The first-order valence-electron chi connectivity index (χ1n) is 15.6. The van der Waals surface area contributed by atoms with Crippen LogP contribution >= 0.6 is 46.4 Å². The van der Waals surface area contributed by atoms with E-state index in [1.807, 2.05) is 30.3 Å². The van der Waals surface area contributed by atoms with Crippen LogP contribution in [-0.4, -0.2) is 43.8 Å². The third-order valence-electron chi connectivity index (χ3n) is 8.40. The first-order valence-corrected chi connectivity index (χ1v) is 18.6. The number of nitrogens with one attached hydrogen (secondary N) is 1. The molecule has 1 N–H and O–H groups in total. The minimum Gasteiger partial charge on any atom is -0.352 e. The van der Waals surface area contributed by atoms with E-state index < -0.39 is 28.5 Å². The average Bonchev–Trinajstić information content (AvgIpc) is 3.08. The van der Waals surface area contributed by atoms with Crippen LogP contribution < -0.4 is 9.62 Å². The van der Waals surface area contributed by atoms with Gasteiger partial charge in [-0.3, -0.25) is 13.9 Å². The Bertz CT molecular complexity index is 1820. The summed E-state index contributed by atoms with van der Waals surface area (Å²) < 4.78 is 29.3. The molecule has 0 saturated heterocycles. The summed E-state index contributed by atoms with van der Waals surface area (Å²) in [5, 5.41) is 4.12. The average molecular weight is 748 g/mol. The molecule has 7 nitrogen and oxygen atoms in total. The van der Waals surface area contributed by atoms with Crippen LogP contribution in [0.25, 0.3) is 0 Å². The van der Waals surface area contributed by atoms with Gasteiger partial charge in [-0.2, -0.15) is 0 Å². The molecule has 2 amide bonds. The molecule has 12 heteroatoms. The van der Waals surface area contributed by atoms with Gasteiger partial charge in [0.1, 0.15) is 12.6 Å². The van der Waals surface area contributed by atoms with Gasteiger partial charge in [-0.15, -0.1) is 0 Å². The minimum absolute atomic E-state index is 0.0337. The zero-order valence-electron chi connectivity index (χ0n) is 26.0. The van der Waals surface area contributed by atoms with Crippen LogP contribution in [-0.2, 0) is 32.6 Å². The fourth-order valence-corrected chi connectivity index (χ4v) is 8.40. The first-order chi connectivity index (χ1) is 23.0. The summed E-state index contributed by atoms with van der Waals surface area (Å²) in [6.07, 6.45) is 4.95. The topological polar surface area (TPSA) is 86.8 Å². The number of hydrogen-bond acceptors (Lipinski definition) is 4. The fourth-order valence-electron chi connectivity index (χ4n) is 5.87. The van der Waals surface area contributed by atoms with Crippen molar-refractivity contribution >= 4 is 73.9 Å². The van der Waals surface area contributed by atoms with Gasteiger partial charge in [0.2, 0.25) is 11.8 Å². The fraction of sp³-hybridized carbons (Fsp3) is 0.278. The van der Waals surface area contributed by atoms with Crippen LogP contribution in [0.3, 0.4) is 0 Å². The Kier molecular flexibility index (Phi) is 12.3. The molecule has 48 heavy (non-hydrogen) atoms. The molecule has 4 aromatic rings. The highest BCUT2D eigenvalue weighted by Gasteiger charge is 2.36. The first kappa shape index (κ1) is 36.0. The van der Waals surface area contributed by atoms with Gasteiger partial charge in [0.15, 0.2) is 0 Å². The molecule has 0 aliphatic heterocycles. The molecule has 1 unspecified atom stereocenters. The van der Waals surface area contributed by atoms with Crippen LogP contribution in [0.2, 0.25) is 20.1 Å². The smallest absolute Gasteiger partial charge is 0.264 e. The van der Waals surface area contributed by atoms with Gasteiger partial charge in [-0.05, 0) is 60.9 Å². The number of amides is 2. The third kappa shape index (κ3) is 8.84. The molecule has 0 aromatic heterocycles. The van der Waals surface area contributed by atoms with E-state index in [9.17, 15) is 18.0 Å². The second kappa shape index (κ2) is 16.4. The largest absolute Gasteiger partial charge is 0.352 e. The number of carbonyl (C=O) groups excluding carboxylic acids is 2. The van der Waals surface area contributed by atoms with Crippen molar-refractivity contribution < 1.29 is 18.0 Å². The summed E-state index contributed by atoms with van der Waals surface area (Å²) in [5.41, 5.74) is 1.30. The Hall–Kier alpha value is -3.27. The molecule has 1 atom stereocenters. The zero-order chi connectivity index (χ0) is 34.3. The molecular formula is C36H35Cl4N3O4S. The number of benzene rings is 4. The molecule has 0 radical (unpaired) electrons. The highest BCUT2D eigenvalue weighted by molar-refractivity contribution is 7.92. The Labute approximate surface area is 301 Å². The molecule has 1 aliphatic rings. The Morgan fingerprint density at radius 1 is 0.771 bits per heavy atom. The summed E-state index contributed by atoms with van der Waals surface area (Å²) in [7, 11) is -4.33. The van der Waals surface area contributed by atoms with E-state index in [2.05, 4.69) is 5.32 Å². The lowest BCUT2D eigenvalue weighted by atomic mass is 9.94. The van der Waals surface area contributed by atoms with Gasteiger partial charge in [-0.25, -0.2) is 8.42 Å². The molecule has 0 spiro atoms. The second-order valence-electron chi connectivity index (χ2n) is 11.7. The summed E-state index contributed by atoms with van der Waals surface area (Å²) in [4.78, 5) is 30.3. The molecule has 1 aliphatic carbocycles. The lowest BCUT2D eigenvalue weighted by molar-refractivity contribution is -0.140. The molecule has 1 saturated carbocycles. The van der Waals surface area contributed by atoms with Crippen molar-refractivity contribution in [3.8, 4) is 0 Å². The number of halogens is 4. The van der Waals surface area contributed by atoms with Crippen molar-refractivity contribution in [2.75, 3.05) is 10.8 Å². The maximum Gasteiger partial charge on any atom is 0.264 e. The van der Waals surface area contributed by atoms with Crippen molar-refractivity contribution in [2.45, 2.75) is 62.0 Å². The summed E-state index contributed by atoms with van der Waals surface area (Å²) in [5.74, 6) is -1.000. The summed E-state index contributed by atoms with van der Waals surface area (Å²) in [6.45, 7) is -0.830. The standard InChI is InChI=1S/C36H35Cl4N3O4S/c37-26-19-20-33(32(40)22-26)43(48(46,47)28-15-8-3-9-16-28)24-35(44)42(23-29-30(38)17-10-18-31(29)39)34(21-25-11-4-1-5-12-25)36(45)41-27-13-6-2-7-14-27/h1,3-5,8-12,15-20,22,27,34H,2,6-7,13-14,21,23-24H2,(H,41,45). The second-order valence-corrected chi connectivity index (χ2v) is 15.2. The Morgan fingerprint density at radius 3 is 2.02 bits per heavy atom. The molecule has 5 rings (SSSR count). The minimum atomic E-state index is -4.33. The van der Waals surface area contributed by atoms with E-state index in [-0.39, 0.29) is 40.5 Å². The van der Waals surface area contributed by atoms with E-state index in [1.165, 1.54) is 35.2 Å². The number of carbonyl (C=O) groups is 2. The number of nitrogens with zero attached hydrogens (tertiary/aromatic N) is 2. The van der Waals surface area contributed by atoms with Gasteiger partial charge in [0.25, 0.3) is 10.0 Å². The predicted molar refractivity (Wildman–Crippen MR) is 193 cm³/mol. The molecule has 4 aromatic carbocycles. The van der Waals surface area contributed by atoms with Gasteiger partial charge < -0.3 is 10.2 Å². The number of hydrogen-bond donors (Lipinski definition) is 1. The highest BCUT2D eigenvalue weighted by atomic mass is 35.5. The van der Waals surface area contributed by atoms with Crippen LogP contribution in [0.15, 0.2) is 102 Å².